The first-order valence-electron chi connectivity index (χ1n) is 6.42. The van der Waals surface area contributed by atoms with Gasteiger partial charge in [0, 0.05) is 19.6 Å². The third-order valence-electron chi connectivity index (χ3n) is 2.91. The van der Waals surface area contributed by atoms with Gasteiger partial charge in [-0.15, -0.1) is 13.2 Å². The number of nitrogens with zero attached hydrogens (tertiary/aromatic N) is 1. The van der Waals surface area contributed by atoms with Gasteiger partial charge < -0.3 is 14.2 Å². The molecule has 0 radical (unpaired) electrons. The average molecular weight is 370 g/mol. The summed E-state index contributed by atoms with van der Waals surface area (Å²) in [6.45, 7) is 4.38. The molecule has 1 fully saturated rings. The second-order valence-corrected chi connectivity index (χ2v) is 5.30. The number of benzene rings is 1. The van der Waals surface area contributed by atoms with E-state index in [2.05, 4.69) is 25.6 Å². The van der Waals surface area contributed by atoms with Gasteiger partial charge in [-0.25, -0.2) is 0 Å². The maximum Gasteiger partial charge on any atom is 0.573 e. The fourth-order valence-electron chi connectivity index (χ4n) is 1.90. The second kappa shape index (κ2) is 7.33. The van der Waals surface area contributed by atoms with E-state index >= 15 is 0 Å². The molecule has 118 valence electrons. The van der Waals surface area contributed by atoms with Crippen LogP contribution in [0.1, 0.15) is 0 Å². The molecule has 4 nitrogen and oxygen atoms in total. The number of hydrogen-bond acceptors (Lipinski definition) is 4. The topological polar surface area (TPSA) is 30.9 Å². The predicted octanol–water partition coefficient (Wildman–Crippen LogP) is 3.06. The molecule has 1 heterocycles. The molecule has 0 bridgehead atoms. The smallest absolute Gasteiger partial charge is 0.492 e. The van der Waals surface area contributed by atoms with E-state index in [-0.39, 0.29) is 10.2 Å². The van der Waals surface area contributed by atoms with Gasteiger partial charge in [-0.05, 0) is 34.1 Å². The van der Waals surface area contributed by atoms with E-state index in [0.29, 0.717) is 12.4 Å². The number of alkyl halides is 3. The largest absolute Gasteiger partial charge is 0.573 e. The molecule has 0 spiro atoms. The Morgan fingerprint density at radius 3 is 2.57 bits per heavy atom. The Morgan fingerprint density at radius 2 is 1.95 bits per heavy atom. The van der Waals surface area contributed by atoms with Gasteiger partial charge in [-0.1, -0.05) is 0 Å². The number of ether oxygens (including phenoxy) is 3. The van der Waals surface area contributed by atoms with Gasteiger partial charge in [0.2, 0.25) is 0 Å². The first-order chi connectivity index (χ1) is 9.94. The minimum Gasteiger partial charge on any atom is -0.492 e. The summed E-state index contributed by atoms with van der Waals surface area (Å²) in [5.74, 6) is 0.202. The summed E-state index contributed by atoms with van der Waals surface area (Å²) in [6, 6.07) is 4.13. The van der Waals surface area contributed by atoms with Gasteiger partial charge in [-0.2, -0.15) is 0 Å². The highest BCUT2D eigenvalue weighted by atomic mass is 79.9. The zero-order valence-corrected chi connectivity index (χ0v) is 12.7. The van der Waals surface area contributed by atoms with Crippen molar-refractivity contribution in [1.29, 1.82) is 0 Å². The third kappa shape index (κ3) is 5.72. The third-order valence-corrected chi connectivity index (χ3v) is 3.53. The van der Waals surface area contributed by atoms with Crippen molar-refractivity contribution < 1.29 is 27.4 Å². The molecule has 0 N–H and O–H groups in total. The molecular formula is C13H15BrF3NO3. The van der Waals surface area contributed by atoms with Crippen molar-refractivity contribution in [1.82, 2.24) is 4.90 Å². The minimum absolute atomic E-state index is 0.198. The minimum atomic E-state index is -4.71. The van der Waals surface area contributed by atoms with Crippen LogP contribution < -0.4 is 9.47 Å². The highest BCUT2D eigenvalue weighted by molar-refractivity contribution is 9.10. The van der Waals surface area contributed by atoms with Crippen molar-refractivity contribution in [2.45, 2.75) is 6.36 Å². The van der Waals surface area contributed by atoms with Crippen LogP contribution in [0.15, 0.2) is 22.7 Å². The lowest BCUT2D eigenvalue weighted by Crippen LogP contribution is -2.38. The Bertz CT molecular complexity index is 464. The summed E-state index contributed by atoms with van der Waals surface area (Å²) in [7, 11) is 0. The van der Waals surface area contributed by atoms with Crippen LogP contribution in [-0.4, -0.2) is 50.7 Å². The van der Waals surface area contributed by atoms with Crippen LogP contribution in [0.4, 0.5) is 13.2 Å². The summed E-state index contributed by atoms with van der Waals surface area (Å²) >= 11 is 3.04. The monoisotopic (exact) mass is 369 g/mol. The lowest BCUT2D eigenvalue weighted by molar-refractivity contribution is -0.274. The SMILES string of the molecule is FC(F)(F)Oc1ccc(OCCN2CCOCC2)cc1Br. The zero-order valence-electron chi connectivity index (χ0n) is 11.2. The van der Waals surface area contributed by atoms with Gasteiger partial charge in [0.1, 0.15) is 18.1 Å². The van der Waals surface area contributed by atoms with E-state index in [1.165, 1.54) is 18.2 Å². The molecule has 0 aromatic heterocycles. The second-order valence-electron chi connectivity index (χ2n) is 4.44. The molecule has 1 aromatic rings. The summed E-state index contributed by atoms with van der Waals surface area (Å²) in [5, 5.41) is 0. The molecule has 21 heavy (non-hydrogen) atoms. The molecule has 1 aromatic carbocycles. The molecule has 0 amide bonds. The zero-order chi connectivity index (χ0) is 15.3. The Balaban J connectivity index is 1.82. The predicted molar refractivity (Wildman–Crippen MR) is 73.6 cm³/mol. The Kier molecular flexibility index (Phi) is 5.72. The lowest BCUT2D eigenvalue weighted by atomic mass is 10.3. The van der Waals surface area contributed by atoms with E-state index in [1.54, 1.807) is 0 Å². The number of rotatable bonds is 5. The first-order valence-corrected chi connectivity index (χ1v) is 7.21. The summed E-state index contributed by atoms with van der Waals surface area (Å²) in [4.78, 5) is 2.21. The summed E-state index contributed by atoms with van der Waals surface area (Å²) < 4.78 is 51.2. The van der Waals surface area contributed by atoms with E-state index in [0.717, 1.165) is 32.8 Å². The fourth-order valence-corrected chi connectivity index (χ4v) is 2.33. The van der Waals surface area contributed by atoms with Crippen molar-refractivity contribution in [3.63, 3.8) is 0 Å². The maximum absolute atomic E-state index is 12.1. The van der Waals surface area contributed by atoms with Crippen molar-refractivity contribution in [3.8, 4) is 11.5 Å². The summed E-state index contributed by atoms with van der Waals surface area (Å²) in [5.41, 5.74) is 0. The van der Waals surface area contributed by atoms with E-state index in [1.807, 2.05) is 0 Å². The highest BCUT2D eigenvalue weighted by Crippen LogP contribution is 2.33. The quantitative estimate of drug-likeness (QED) is 0.798. The molecule has 1 aliphatic heterocycles. The Hall–Kier alpha value is -0.990. The van der Waals surface area contributed by atoms with Crippen molar-refractivity contribution in [3.05, 3.63) is 22.7 Å². The Labute approximate surface area is 128 Å². The maximum atomic E-state index is 12.1. The van der Waals surface area contributed by atoms with E-state index in [9.17, 15) is 13.2 Å². The van der Waals surface area contributed by atoms with Crippen LogP contribution in [-0.2, 0) is 4.74 Å². The standard InChI is InChI=1S/C13H15BrF3NO3/c14-11-9-10(1-2-12(11)21-13(15,16)17)20-8-5-18-3-6-19-7-4-18/h1-2,9H,3-8H2. The lowest BCUT2D eigenvalue weighted by Gasteiger charge is -2.26. The average Bonchev–Trinajstić information content (AvgIpc) is 2.42. The van der Waals surface area contributed by atoms with Gasteiger partial charge >= 0.3 is 6.36 Å². The Morgan fingerprint density at radius 1 is 1.24 bits per heavy atom. The van der Waals surface area contributed by atoms with Crippen molar-refractivity contribution in [2.75, 3.05) is 39.5 Å². The van der Waals surface area contributed by atoms with Crippen molar-refractivity contribution in [2.24, 2.45) is 0 Å². The molecule has 0 atom stereocenters. The number of halogens is 4. The molecule has 0 unspecified atom stereocenters. The molecule has 1 saturated heterocycles. The van der Waals surface area contributed by atoms with Gasteiger partial charge in [0.15, 0.2) is 0 Å². The highest BCUT2D eigenvalue weighted by Gasteiger charge is 2.32. The van der Waals surface area contributed by atoms with Crippen LogP contribution in [0, 0.1) is 0 Å². The molecule has 8 heteroatoms. The van der Waals surface area contributed by atoms with Crippen molar-refractivity contribution >= 4 is 15.9 Å². The number of hydrogen-bond donors (Lipinski definition) is 0. The molecule has 0 aliphatic carbocycles. The molecular weight excluding hydrogens is 355 g/mol. The first kappa shape index (κ1) is 16.4. The van der Waals surface area contributed by atoms with E-state index < -0.39 is 6.36 Å². The van der Waals surface area contributed by atoms with Crippen LogP contribution in [0.5, 0.6) is 11.5 Å². The van der Waals surface area contributed by atoms with Crippen LogP contribution in [0.3, 0.4) is 0 Å². The van der Waals surface area contributed by atoms with Gasteiger partial charge in [0.05, 0.1) is 17.7 Å². The number of morpholine rings is 1. The summed E-state index contributed by atoms with van der Waals surface area (Å²) in [6.07, 6.45) is -4.71. The van der Waals surface area contributed by atoms with Crippen LogP contribution >= 0.6 is 15.9 Å². The fraction of sp³-hybridized carbons (Fsp3) is 0.538. The molecule has 1 aliphatic rings. The van der Waals surface area contributed by atoms with Gasteiger partial charge in [-0.3, -0.25) is 4.90 Å². The van der Waals surface area contributed by atoms with E-state index in [4.69, 9.17) is 9.47 Å². The molecule has 2 rings (SSSR count). The molecule has 0 saturated carbocycles. The van der Waals surface area contributed by atoms with Gasteiger partial charge in [0.25, 0.3) is 0 Å². The van der Waals surface area contributed by atoms with Crippen LogP contribution in [0.25, 0.3) is 0 Å². The normalized spacial score (nSPS) is 16.8. The van der Waals surface area contributed by atoms with Crippen LogP contribution in [0.2, 0.25) is 0 Å².